The third-order valence-corrected chi connectivity index (χ3v) is 3.03. The molecule has 2 rings (SSSR count). The van der Waals surface area contributed by atoms with Gasteiger partial charge in [-0.25, -0.2) is 13.8 Å². The van der Waals surface area contributed by atoms with E-state index in [-0.39, 0.29) is 11.4 Å². The molecule has 0 aliphatic rings. The van der Waals surface area contributed by atoms with Crippen molar-refractivity contribution in [1.29, 1.82) is 0 Å². The van der Waals surface area contributed by atoms with Crippen LogP contribution in [0.5, 0.6) is 0 Å². The molecule has 0 radical (unpaired) electrons. The van der Waals surface area contributed by atoms with Crippen LogP contribution in [0.3, 0.4) is 0 Å². The van der Waals surface area contributed by atoms with Gasteiger partial charge in [0.25, 0.3) is 0 Å². The number of hydrogen-bond acceptors (Lipinski definition) is 4. The number of rotatable bonds is 4. The number of nitrogen functional groups attached to an aromatic ring is 1. The molecule has 3 nitrogen and oxygen atoms in total. The molecule has 0 aliphatic heterocycles. The molecule has 1 aromatic heterocycles. The topological polar surface area (TPSA) is 50.9 Å². The maximum Gasteiger partial charge on any atom is 0.151 e. The first-order chi connectivity index (χ1) is 8.16. The summed E-state index contributed by atoms with van der Waals surface area (Å²) < 4.78 is 26.8. The summed E-state index contributed by atoms with van der Waals surface area (Å²) in [4.78, 5) is 4.08. The normalized spacial score (nSPS) is 10.5. The SMILES string of the molecule is Nc1cc(F)c(NCCc2nccs2)c(F)c1. The summed E-state index contributed by atoms with van der Waals surface area (Å²) in [5.41, 5.74) is 5.25. The number of benzene rings is 1. The molecule has 90 valence electrons. The van der Waals surface area contributed by atoms with Crippen LogP contribution in [0.25, 0.3) is 0 Å². The molecule has 0 unspecified atom stereocenters. The van der Waals surface area contributed by atoms with Gasteiger partial charge in [-0.15, -0.1) is 11.3 Å². The fourth-order valence-electron chi connectivity index (χ4n) is 1.43. The quantitative estimate of drug-likeness (QED) is 0.826. The van der Waals surface area contributed by atoms with Gasteiger partial charge in [0.1, 0.15) is 5.69 Å². The van der Waals surface area contributed by atoms with Crippen LogP contribution in [0.4, 0.5) is 20.2 Å². The summed E-state index contributed by atoms with van der Waals surface area (Å²) in [7, 11) is 0. The fourth-order valence-corrected chi connectivity index (χ4v) is 2.05. The standard InChI is InChI=1S/C11H11F2N3S/c12-8-5-7(14)6-9(13)11(8)16-2-1-10-15-3-4-17-10/h3-6,16H,1-2,14H2. The molecule has 0 atom stereocenters. The summed E-state index contributed by atoms with van der Waals surface area (Å²) in [5.74, 6) is -1.36. The first-order valence-corrected chi connectivity index (χ1v) is 5.91. The van der Waals surface area contributed by atoms with Crippen LogP contribution in [0.1, 0.15) is 5.01 Å². The average molecular weight is 255 g/mol. The number of nitrogens with zero attached hydrogens (tertiary/aromatic N) is 1. The highest BCUT2D eigenvalue weighted by Crippen LogP contribution is 2.21. The van der Waals surface area contributed by atoms with Gasteiger partial charge in [-0.1, -0.05) is 0 Å². The highest BCUT2D eigenvalue weighted by molar-refractivity contribution is 7.09. The molecule has 0 saturated heterocycles. The smallest absolute Gasteiger partial charge is 0.151 e. The Kier molecular flexibility index (Phi) is 3.53. The van der Waals surface area contributed by atoms with Crippen molar-refractivity contribution in [3.05, 3.63) is 40.4 Å². The average Bonchev–Trinajstić information content (AvgIpc) is 2.74. The zero-order valence-electron chi connectivity index (χ0n) is 8.91. The van der Waals surface area contributed by atoms with Crippen LogP contribution >= 0.6 is 11.3 Å². The van der Waals surface area contributed by atoms with Crippen molar-refractivity contribution in [2.45, 2.75) is 6.42 Å². The van der Waals surface area contributed by atoms with Crippen molar-refractivity contribution in [2.24, 2.45) is 0 Å². The Hall–Kier alpha value is -1.69. The van der Waals surface area contributed by atoms with E-state index in [0.29, 0.717) is 13.0 Å². The predicted molar refractivity (Wildman–Crippen MR) is 65.1 cm³/mol. The number of aromatic nitrogens is 1. The lowest BCUT2D eigenvalue weighted by atomic mass is 10.2. The van der Waals surface area contributed by atoms with E-state index >= 15 is 0 Å². The number of thiazole rings is 1. The van der Waals surface area contributed by atoms with Gasteiger partial charge in [0.05, 0.1) is 5.01 Å². The summed E-state index contributed by atoms with van der Waals surface area (Å²) in [6.45, 7) is 0.422. The van der Waals surface area contributed by atoms with E-state index in [1.165, 1.54) is 11.3 Å². The third-order valence-electron chi connectivity index (χ3n) is 2.19. The first kappa shape index (κ1) is 11.8. The van der Waals surface area contributed by atoms with Crippen LogP contribution in [-0.4, -0.2) is 11.5 Å². The molecule has 0 amide bonds. The van der Waals surface area contributed by atoms with E-state index in [0.717, 1.165) is 17.1 Å². The van der Waals surface area contributed by atoms with Crippen LogP contribution in [-0.2, 0) is 6.42 Å². The Balaban J connectivity index is 1.99. The second kappa shape index (κ2) is 5.09. The lowest BCUT2D eigenvalue weighted by Gasteiger charge is -2.08. The first-order valence-electron chi connectivity index (χ1n) is 5.03. The van der Waals surface area contributed by atoms with Gasteiger partial charge in [0.15, 0.2) is 11.6 Å². The highest BCUT2D eigenvalue weighted by atomic mass is 32.1. The summed E-state index contributed by atoms with van der Waals surface area (Å²) in [5, 5.41) is 5.49. The Morgan fingerprint density at radius 2 is 2.00 bits per heavy atom. The number of nitrogens with one attached hydrogen (secondary N) is 1. The number of halogens is 2. The van der Waals surface area contributed by atoms with Gasteiger partial charge < -0.3 is 11.1 Å². The van der Waals surface area contributed by atoms with Crippen LogP contribution in [0, 0.1) is 11.6 Å². The molecule has 3 N–H and O–H groups in total. The van der Waals surface area contributed by atoms with Crippen molar-refractivity contribution >= 4 is 22.7 Å². The van der Waals surface area contributed by atoms with Crippen LogP contribution in [0.2, 0.25) is 0 Å². The third kappa shape index (κ3) is 2.91. The van der Waals surface area contributed by atoms with Crippen molar-refractivity contribution in [2.75, 3.05) is 17.6 Å². The van der Waals surface area contributed by atoms with E-state index in [1.54, 1.807) is 6.20 Å². The van der Waals surface area contributed by atoms with E-state index in [1.807, 2.05) is 5.38 Å². The van der Waals surface area contributed by atoms with Crippen molar-refractivity contribution in [3.8, 4) is 0 Å². The van der Waals surface area contributed by atoms with Gasteiger partial charge in [0.2, 0.25) is 0 Å². The maximum atomic E-state index is 13.4. The Bertz CT molecular complexity index is 476. The Morgan fingerprint density at radius 1 is 1.29 bits per heavy atom. The molecule has 1 aromatic carbocycles. The van der Waals surface area contributed by atoms with Crippen LogP contribution in [0.15, 0.2) is 23.7 Å². The molecule has 0 bridgehead atoms. The minimum absolute atomic E-state index is 0.0745. The zero-order chi connectivity index (χ0) is 12.3. The van der Waals surface area contributed by atoms with Gasteiger partial charge in [-0.05, 0) is 12.1 Å². The monoisotopic (exact) mass is 255 g/mol. The Morgan fingerprint density at radius 3 is 2.59 bits per heavy atom. The van der Waals surface area contributed by atoms with Crippen LogP contribution < -0.4 is 11.1 Å². The lowest BCUT2D eigenvalue weighted by Crippen LogP contribution is -2.08. The van der Waals surface area contributed by atoms with Gasteiger partial charge in [-0.3, -0.25) is 0 Å². The molecular formula is C11H11F2N3S. The van der Waals surface area contributed by atoms with E-state index in [9.17, 15) is 8.78 Å². The van der Waals surface area contributed by atoms with Crippen molar-refractivity contribution in [3.63, 3.8) is 0 Å². The molecule has 0 aliphatic carbocycles. The van der Waals surface area contributed by atoms with Gasteiger partial charge >= 0.3 is 0 Å². The molecule has 0 fully saturated rings. The van der Waals surface area contributed by atoms with Gasteiger partial charge in [0, 0.05) is 30.2 Å². The van der Waals surface area contributed by atoms with E-state index in [2.05, 4.69) is 10.3 Å². The number of hydrogen-bond donors (Lipinski definition) is 2. The maximum absolute atomic E-state index is 13.4. The number of anilines is 2. The lowest BCUT2D eigenvalue weighted by molar-refractivity contribution is 0.589. The van der Waals surface area contributed by atoms with Crippen molar-refractivity contribution < 1.29 is 8.78 Å². The number of nitrogens with two attached hydrogens (primary N) is 1. The molecule has 17 heavy (non-hydrogen) atoms. The molecule has 2 aromatic rings. The highest BCUT2D eigenvalue weighted by Gasteiger charge is 2.09. The summed E-state index contributed by atoms with van der Waals surface area (Å²) >= 11 is 1.51. The fraction of sp³-hybridized carbons (Fsp3) is 0.182. The second-order valence-electron chi connectivity index (χ2n) is 3.46. The van der Waals surface area contributed by atoms with E-state index < -0.39 is 11.6 Å². The minimum Gasteiger partial charge on any atom is -0.399 e. The van der Waals surface area contributed by atoms with Crippen molar-refractivity contribution in [1.82, 2.24) is 4.98 Å². The summed E-state index contributed by atoms with van der Waals surface area (Å²) in [6, 6.07) is 2.18. The molecule has 6 heteroatoms. The predicted octanol–water partition coefficient (Wildman–Crippen LogP) is 2.66. The minimum atomic E-state index is -0.679. The molecule has 0 saturated carbocycles. The molecular weight excluding hydrogens is 244 g/mol. The molecule has 1 heterocycles. The van der Waals surface area contributed by atoms with E-state index in [4.69, 9.17) is 5.73 Å². The molecule has 0 spiro atoms. The second-order valence-corrected chi connectivity index (χ2v) is 4.44. The largest absolute Gasteiger partial charge is 0.399 e. The Labute approximate surface area is 101 Å². The zero-order valence-corrected chi connectivity index (χ0v) is 9.73. The summed E-state index contributed by atoms with van der Waals surface area (Å²) in [6.07, 6.45) is 2.32. The van der Waals surface area contributed by atoms with Gasteiger partial charge in [-0.2, -0.15) is 0 Å².